The zero-order valence-electron chi connectivity index (χ0n) is 18.6. The number of rotatable bonds is 6. The van der Waals surface area contributed by atoms with E-state index in [0.717, 1.165) is 31.9 Å². The Bertz CT molecular complexity index is 1480. The normalized spacial score (nSPS) is 12.2. The van der Waals surface area contributed by atoms with Crippen molar-refractivity contribution in [2.45, 2.75) is 26.9 Å². The van der Waals surface area contributed by atoms with Crippen LogP contribution in [-0.4, -0.2) is 26.5 Å². The quantitative estimate of drug-likeness (QED) is 0.192. The molecular weight excluding hydrogens is 518 g/mol. The van der Waals surface area contributed by atoms with Crippen LogP contribution in [-0.2, 0) is 17.9 Å². The maximum atomic E-state index is 12.7. The molecule has 1 aromatic carbocycles. The van der Waals surface area contributed by atoms with Crippen molar-refractivity contribution in [2.24, 2.45) is 10.7 Å². The SMILES string of the molecule is Cc1cc2c(N)nccc2c(C)c1CNC(=O)/C(C=NCc1cn2c(Cl)c(Br)ccc2n1)=C/N. The summed E-state index contributed by atoms with van der Waals surface area (Å²) in [6, 6.07) is 7.60. The van der Waals surface area contributed by atoms with Crippen molar-refractivity contribution in [3.8, 4) is 0 Å². The summed E-state index contributed by atoms with van der Waals surface area (Å²) < 4.78 is 2.54. The highest BCUT2D eigenvalue weighted by molar-refractivity contribution is 9.10. The van der Waals surface area contributed by atoms with E-state index in [1.165, 1.54) is 12.4 Å². The number of aliphatic imine (C=N–C) groups is 1. The lowest BCUT2D eigenvalue weighted by Crippen LogP contribution is -2.26. The van der Waals surface area contributed by atoms with Gasteiger partial charge in [-0.1, -0.05) is 11.6 Å². The standard InChI is InChI=1S/C24H23BrClN7O/c1-13-7-18-17(5-6-30-23(18)28)14(2)19(13)11-31-24(34)15(8-27)9-29-10-16-12-33-21(32-16)4-3-20(25)22(33)26/h3-9,12H,10-11,27H2,1-2H3,(H2,28,30)(H,31,34)/b15-8+,29-9?. The van der Waals surface area contributed by atoms with Gasteiger partial charge in [0.15, 0.2) is 0 Å². The van der Waals surface area contributed by atoms with Gasteiger partial charge in [0.2, 0.25) is 0 Å². The minimum absolute atomic E-state index is 0.258. The number of benzene rings is 1. The molecule has 4 aromatic rings. The van der Waals surface area contributed by atoms with E-state index in [-0.39, 0.29) is 18.0 Å². The second kappa shape index (κ2) is 9.82. The molecule has 0 bridgehead atoms. The zero-order valence-corrected chi connectivity index (χ0v) is 21.0. The van der Waals surface area contributed by atoms with E-state index in [4.69, 9.17) is 23.1 Å². The first-order chi connectivity index (χ1) is 16.3. The molecule has 1 amide bonds. The third-order valence-corrected chi connectivity index (χ3v) is 6.89. The summed E-state index contributed by atoms with van der Waals surface area (Å²) in [5.74, 6) is 0.172. The van der Waals surface area contributed by atoms with Gasteiger partial charge in [0, 0.05) is 36.7 Å². The molecule has 0 spiro atoms. The minimum atomic E-state index is -0.318. The number of aryl methyl sites for hydroxylation is 2. The molecule has 0 aliphatic heterocycles. The smallest absolute Gasteiger partial charge is 0.254 e. The fourth-order valence-corrected chi connectivity index (χ4v) is 4.34. The lowest BCUT2D eigenvalue weighted by molar-refractivity contribution is -0.117. The lowest BCUT2D eigenvalue weighted by Gasteiger charge is -2.15. The summed E-state index contributed by atoms with van der Waals surface area (Å²) in [7, 11) is 0. The maximum Gasteiger partial charge on any atom is 0.254 e. The van der Waals surface area contributed by atoms with Crippen LogP contribution in [0.4, 0.5) is 5.82 Å². The van der Waals surface area contributed by atoms with Gasteiger partial charge in [0.25, 0.3) is 5.91 Å². The highest BCUT2D eigenvalue weighted by Crippen LogP contribution is 2.28. The van der Waals surface area contributed by atoms with Crippen molar-refractivity contribution in [2.75, 3.05) is 5.73 Å². The summed E-state index contributed by atoms with van der Waals surface area (Å²) >= 11 is 9.68. The van der Waals surface area contributed by atoms with Crippen LogP contribution in [0.2, 0.25) is 5.15 Å². The molecule has 10 heteroatoms. The van der Waals surface area contributed by atoms with Crippen LogP contribution in [0.3, 0.4) is 0 Å². The Hall–Kier alpha value is -3.43. The van der Waals surface area contributed by atoms with Crippen molar-refractivity contribution < 1.29 is 4.79 Å². The van der Waals surface area contributed by atoms with Crippen LogP contribution in [0.15, 0.2) is 57.9 Å². The second-order valence-corrected chi connectivity index (χ2v) is 9.01. The first-order valence-electron chi connectivity index (χ1n) is 10.4. The number of halogens is 2. The second-order valence-electron chi connectivity index (χ2n) is 7.80. The monoisotopic (exact) mass is 539 g/mol. The predicted octanol–water partition coefficient (Wildman–Crippen LogP) is 4.23. The van der Waals surface area contributed by atoms with Gasteiger partial charge in [-0.05, 0) is 76.1 Å². The largest absolute Gasteiger partial charge is 0.404 e. The number of carbonyl (C=O) groups excluding carboxylic acids is 1. The third kappa shape index (κ3) is 4.62. The highest BCUT2D eigenvalue weighted by Gasteiger charge is 2.13. The number of amides is 1. The van der Waals surface area contributed by atoms with Gasteiger partial charge < -0.3 is 16.8 Å². The first kappa shape index (κ1) is 23.7. The van der Waals surface area contributed by atoms with E-state index in [2.05, 4.69) is 36.2 Å². The molecule has 0 saturated carbocycles. The summed E-state index contributed by atoms with van der Waals surface area (Å²) in [6.07, 6.45) is 6.18. The van der Waals surface area contributed by atoms with Crippen molar-refractivity contribution in [1.29, 1.82) is 0 Å². The molecule has 4 rings (SSSR count). The number of hydrogen-bond acceptors (Lipinski definition) is 6. The van der Waals surface area contributed by atoms with Crippen LogP contribution in [0, 0.1) is 13.8 Å². The van der Waals surface area contributed by atoms with E-state index in [1.807, 2.05) is 38.1 Å². The number of anilines is 1. The Labute approximate surface area is 209 Å². The molecule has 174 valence electrons. The molecule has 3 aromatic heterocycles. The number of carbonyl (C=O) groups is 1. The third-order valence-electron chi connectivity index (χ3n) is 5.64. The van der Waals surface area contributed by atoms with Gasteiger partial charge in [-0.3, -0.25) is 14.2 Å². The molecule has 8 nitrogen and oxygen atoms in total. The topological polar surface area (TPSA) is 124 Å². The Balaban J connectivity index is 1.45. The fourth-order valence-electron chi connectivity index (χ4n) is 3.82. The number of nitrogen functional groups attached to an aromatic ring is 1. The van der Waals surface area contributed by atoms with Gasteiger partial charge in [0.1, 0.15) is 16.6 Å². The summed E-state index contributed by atoms with van der Waals surface area (Å²) in [5, 5.41) is 5.37. The maximum absolute atomic E-state index is 12.7. The van der Waals surface area contributed by atoms with Crippen molar-refractivity contribution >= 4 is 61.9 Å². The van der Waals surface area contributed by atoms with Gasteiger partial charge in [0.05, 0.1) is 22.3 Å². The number of pyridine rings is 2. The average molecular weight is 541 g/mol. The molecule has 0 atom stereocenters. The Morgan fingerprint density at radius 2 is 2.09 bits per heavy atom. The lowest BCUT2D eigenvalue weighted by atomic mass is 9.96. The van der Waals surface area contributed by atoms with Gasteiger partial charge >= 0.3 is 0 Å². The average Bonchev–Trinajstić information content (AvgIpc) is 3.23. The van der Waals surface area contributed by atoms with Crippen LogP contribution in [0.25, 0.3) is 16.4 Å². The van der Waals surface area contributed by atoms with Gasteiger partial charge in [-0.2, -0.15) is 0 Å². The number of fused-ring (bicyclic) bond motifs is 2. The van der Waals surface area contributed by atoms with Crippen LogP contribution in [0.1, 0.15) is 22.4 Å². The van der Waals surface area contributed by atoms with E-state index in [9.17, 15) is 4.79 Å². The molecule has 0 radical (unpaired) electrons. The number of aromatic nitrogens is 3. The number of hydrogen-bond donors (Lipinski definition) is 3. The molecular formula is C24H23BrClN7O. The Morgan fingerprint density at radius 3 is 2.85 bits per heavy atom. The summed E-state index contributed by atoms with van der Waals surface area (Å²) in [6.45, 7) is 4.62. The molecule has 0 saturated heterocycles. The minimum Gasteiger partial charge on any atom is -0.404 e. The van der Waals surface area contributed by atoms with Gasteiger partial charge in [-0.15, -0.1) is 0 Å². The molecule has 34 heavy (non-hydrogen) atoms. The molecule has 3 heterocycles. The zero-order chi connectivity index (χ0) is 24.4. The van der Waals surface area contributed by atoms with Gasteiger partial charge in [-0.25, -0.2) is 9.97 Å². The molecule has 0 aliphatic carbocycles. The van der Waals surface area contributed by atoms with E-state index >= 15 is 0 Å². The van der Waals surface area contributed by atoms with Crippen LogP contribution in [0.5, 0.6) is 0 Å². The number of nitrogens with two attached hydrogens (primary N) is 2. The molecule has 5 N–H and O–H groups in total. The van der Waals surface area contributed by atoms with Crippen molar-refractivity contribution in [3.63, 3.8) is 0 Å². The number of nitrogens with zero attached hydrogens (tertiary/aromatic N) is 4. The van der Waals surface area contributed by atoms with Crippen LogP contribution >= 0.6 is 27.5 Å². The van der Waals surface area contributed by atoms with E-state index < -0.39 is 0 Å². The summed E-state index contributed by atoms with van der Waals surface area (Å²) in [4.78, 5) is 25.7. The molecule has 0 fully saturated rings. The van der Waals surface area contributed by atoms with Crippen molar-refractivity contribution in [1.82, 2.24) is 19.7 Å². The van der Waals surface area contributed by atoms with Crippen LogP contribution < -0.4 is 16.8 Å². The highest BCUT2D eigenvalue weighted by atomic mass is 79.9. The predicted molar refractivity (Wildman–Crippen MR) is 140 cm³/mol. The molecule has 0 unspecified atom stereocenters. The Kier molecular flexibility index (Phi) is 6.85. The molecule has 0 aliphatic rings. The van der Waals surface area contributed by atoms with E-state index in [1.54, 1.807) is 16.8 Å². The fraction of sp³-hybridized carbons (Fsp3) is 0.167. The first-order valence-corrected chi connectivity index (χ1v) is 11.6. The number of nitrogens with one attached hydrogen (secondary N) is 1. The number of imidazole rings is 1. The van der Waals surface area contributed by atoms with E-state index in [0.29, 0.717) is 28.9 Å². The summed E-state index contributed by atoms with van der Waals surface area (Å²) in [5.41, 5.74) is 16.5. The van der Waals surface area contributed by atoms with Crippen molar-refractivity contribution in [3.05, 3.63) is 80.4 Å². The Morgan fingerprint density at radius 1 is 1.29 bits per heavy atom.